The fraction of sp³-hybridized carbons (Fsp3) is 0.609. The van der Waals surface area contributed by atoms with Gasteiger partial charge in [0.2, 0.25) is 5.91 Å². The molecule has 0 spiro atoms. The van der Waals surface area contributed by atoms with Crippen LogP contribution in [0.5, 0.6) is 0 Å². The Morgan fingerprint density at radius 1 is 1.13 bits per heavy atom. The predicted molar refractivity (Wildman–Crippen MR) is 117 cm³/mol. The number of likely N-dealkylation sites (tertiary alicyclic amines) is 1. The first-order chi connectivity index (χ1) is 14.6. The van der Waals surface area contributed by atoms with Gasteiger partial charge in [-0.1, -0.05) is 30.3 Å². The Morgan fingerprint density at radius 3 is 2.39 bits per heavy atom. The van der Waals surface area contributed by atoms with E-state index in [2.05, 4.69) is 10.6 Å². The van der Waals surface area contributed by atoms with Crippen molar-refractivity contribution in [1.29, 1.82) is 0 Å². The smallest absolute Gasteiger partial charge is 0.407 e. The van der Waals surface area contributed by atoms with E-state index in [1.807, 2.05) is 35.2 Å². The van der Waals surface area contributed by atoms with Crippen LogP contribution in [0.4, 0.5) is 4.79 Å². The van der Waals surface area contributed by atoms with E-state index < -0.39 is 23.8 Å². The van der Waals surface area contributed by atoms with Gasteiger partial charge in [-0.15, -0.1) is 0 Å². The number of hydrogen-bond donors (Lipinski definition) is 2. The average Bonchev–Trinajstić information content (AvgIpc) is 3.09. The highest BCUT2D eigenvalue weighted by Gasteiger charge is 2.42. The van der Waals surface area contributed by atoms with Crippen LogP contribution in [-0.2, 0) is 25.6 Å². The van der Waals surface area contributed by atoms with Crippen LogP contribution in [0.1, 0.15) is 53.0 Å². The molecule has 2 amide bonds. The molecule has 0 saturated carbocycles. The zero-order valence-corrected chi connectivity index (χ0v) is 19.1. The van der Waals surface area contributed by atoms with Crippen LogP contribution in [0.3, 0.4) is 0 Å². The third-order valence-corrected chi connectivity index (χ3v) is 4.93. The number of alkyl carbamates (subject to hydrolysis) is 1. The van der Waals surface area contributed by atoms with Crippen molar-refractivity contribution in [3.63, 3.8) is 0 Å². The lowest BCUT2D eigenvalue weighted by atomic mass is 10.1. The molecule has 172 valence electrons. The van der Waals surface area contributed by atoms with Gasteiger partial charge in [-0.3, -0.25) is 14.5 Å². The lowest BCUT2D eigenvalue weighted by molar-refractivity contribution is -0.149. The molecule has 1 aliphatic rings. The van der Waals surface area contributed by atoms with E-state index in [9.17, 15) is 14.4 Å². The second-order valence-electron chi connectivity index (χ2n) is 8.81. The van der Waals surface area contributed by atoms with Crippen LogP contribution in [0.2, 0.25) is 0 Å². The van der Waals surface area contributed by atoms with E-state index >= 15 is 0 Å². The van der Waals surface area contributed by atoms with Crippen LogP contribution >= 0.6 is 0 Å². The number of rotatable bonds is 8. The standard InChI is InChI=1S/C23H35N3O5/c1-6-30-21(28)19-13-12-18(26(19)15-17-10-8-7-9-11-17)20(27)24-14-16(2)25-22(29)31-23(3,4)5/h7-11,16,18-19H,6,12-15H2,1-5H3,(H,24,27)(H,25,29)/t16?,18-,19+/m0/s1. The zero-order chi connectivity index (χ0) is 23.0. The van der Waals surface area contributed by atoms with Crippen molar-refractivity contribution >= 4 is 18.0 Å². The first-order valence-corrected chi connectivity index (χ1v) is 10.8. The summed E-state index contributed by atoms with van der Waals surface area (Å²) in [7, 11) is 0. The number of nitrogens with one attached hydrogen (secondary N) is 2. The van der Waals surface area contributed by atoms with Gasteiger partial charge in [0.15, 0.2) is 0 Å². The van der Waals surface area contributed by atoms with E-state index in [1.165, 1.54) is 0 Å². The Bertz CT molecular complexity index is 747. The summed E-state index contributed by atoms with van der Waals surface area (Å²) in [5.74, 6) is -0.464. The summed E-state index contributed by atoms with van der Waals surface area (Å²) in [6.45, 7) is 9.99. The molecule has 1 aliphatic heterocycles. The Kier molecular flexibility index (Phi) is 8.86. The van der Waals surface area contributed by atoms with Gasteiger partial charge >= 0.3 is 12.1 Å². The molecule has 1 heterocycles. The van der Waals surface area contributed by atoms with Crippen molar-refractivity contribution in [3.05, 3.63) is 35.9 Å². The van der Waals surface area contributed by atoms with Crippen molar-refractivity contribution in [2.75, 3.05) is 13.2 Å². The molecular weight excluding hydrogens is 398 g/mol. The van der Waals surface area contributed by atoms with Crippen LogP contribution in [0.25, 0.3) is 0 Å². The Hall–Kier alpha value is -2.61. The fourth-order valence-electron chi connectivity index (χ4n) is 3.58. The van der Waals surface area contributed by atoms with Gasteiger partial charge in [0.05, 0.1) is 12.6 Å². The predicted octanol–water partition coefficient (Wildman–Crippen LogP) is 2.61. The third-order valence-electron chi connectivity index (χ3n) is 4.93. The Morgan fingerprint density at radius 2 is 1.77 bits per heavy atom. The minimum absolute atomic E-state index is 0.166. The van der Waals surface area contributed by atoms with Crippen molar-refractivity contribution in [2.24, 2.45) is 0 Å². The number of hydrogen-bond acceptors (Lipinski definition) is 6. The molecular formula is C23H35N3O5. The fourth-order valence-corrected chi connectivity index (χ4v) is 3.58. The molecule has 3 atom stereocenters. The molecule has 8 heteroatoms. The molecule has 1 fully saturated rings. The van der Waals surface area contributed by atoms with Crippen molar-refractivity contribution in [1.82, 2.24) is 15.5 Å². The van der Waals surface area contributed by atoms with E-state index in [0.717, 1.165) is 5.56 Å². The minimum atomic E-state index is -0.586. The van der Waals surface area contributed by atoms with Crippen molar-refractivity contribution in [3.8, 4) is 0 Å². The largest absolute Gasteiger partial charge is 0.465 e. The summed E-state index contributed by atoms with van der Waals surface area (Å²) in [5, 5.41) is 5.61. The summed E-state index contributed by atoms with van der Waals surface area (Å²) in [5.41, 5.74) is 0.438. The van der Waals surface area contributed by atoms with Crippen molar-refractivity contribution < 1.29 is 23.9 Å². The second-order valence-corrected chi connectivity index (χ2v) is 8.81. The molecule has 1 aromatic rings. The van der Waals surface area contributed by atoms with Crippen LogP contribution in [-0.4, -0.2) is 59.7 Å². The van der Waals surface area contributed by atoms with E-state index in [4.69, 9.17) is 9.47 Å². The molecule has 1 aromatic carbocycles. The Labute approximate surface area is 184 Å². The maximum Gasteiger partial charge on any atom is 0.407 e. The third kappa shape index (κ3) is 7.86. The summed E-state index contributed by atoms with van der Waals surface area (Å²) < 4.78 is 10.5. The topological polar surface area (TPSA) is 97.0 Å². The van der Waals surface area contributed by atoms with Gasteiger partial charge in [0, 0.05) is 19.1 Å². The number of benzene rings is 1. The second kappa shape index (κ2) is 11.1. The molecule has 31 heavy (non-hydrogen) atoms. The summed E-state index contributed by atoms with van der Waals surface area (Å²) in [4.78, 5) is 39.2. The highest BCUT2D eigenvalue weighted by Crippen LogP contribution is 2.27. The molecule has 0 radical (unpaired) electrons. The molecule has 2 N–H and O–H groups in total. The quantitative estimate of drug-likeness (QED) is 0.612. The molecule has 1 unspecified atom stereocenters. The number of esters is 1. The number of amides is 2. The molecule has 2 rings (SSSR count). The molecule has 8 nitrogen and oxygen atoms in total. The van der Waals surface area contributed by atoms with E-state index in [-0.39, 0.29) is 24.5 Å². The minimum Gasteiger partial charge on any atom is -0.465 e. The summed E-state index contributed by atoms with van der Waals surface area (Å²) in [6.07, 6.45) is 0.606. The number of nitrogens with zero attached hydrogens (tertiary/aromatic N) is 1. The first kappa shape index (κ1) is 24.7. The number of carbonyl (C=O) groups is 3. The van der Waals surface area contributed by atoms with Gasteiger partial charge in [0.1, 0.15) is 11.6 Å². The Balaban J connectivity index is 1.98. The number of carbonyl (C=O) groups excluding carboxylic acids is 3. The van der Waals surface area contributed by atoms with Crippen LogP contribution in [0.15, 0.2) is 30.3 Å². The summed E-state index contributed by atoms with van der Waals surface area (Å²) in [6, 6.07) is 8.55. The maximum atomic E-state index is 12.9. The van der Waals surface area contributed by atoms with Gasteiger partial charge in [-0.25, -0.2) is 4.79 Å². The van der Waals surface area contributed by atoms with Gasteiger partial charge in [-0.05, 0) is 53.0 Å². The first-order valence-electron chi connectivity index (χ1n) is 10.8. The molecule has 0 bridgehead atoms. The molecule has 0 aliphatic carbocycles. The van der Waals surface area contributed by atoms with E-state index in [1.54, 1.807) is 34.6 Å². The average molecular weight is 434 g/mol. The highest BCUT2D eigenvalue weighted by molar-refractivity contribution is 5.85. The van der Waals surface area contributed by atoms with Gasteiger partial charge in [0.25, 0.3) is 0 Å². The molecule has 0 aromatic heterocycles. The molecule has 1 saturated heterocycles. The SMILES string of the molecule is CCOC(=O)[C@H]1CC[C@@H](C(=O)NCC(C)NC(=O)OC(C)(C)C)N1Cc1ccccc1. The lowest BCUT2D eigenvalue weighted by Crippen LogP contribution is -2.50. The van der Waals surface area contributed by atoms with Crippen LogP contribution in [0, 0.1) is 0 Å². The monoisotopic (exact) mass is 433 g/mol. The van der Waals surface area contributed by atoms with Crippen molar-refractivity contribution in [2.45, 2.75) is 77.7 Å². The normalized spacial score (nSPS) is 20.0. The summed E-state index contributed by atoms with van der Waals surface area (Å²) >= 11 is 0. The van der Waals surface area contributed by atoms with E-state index in [0.29, 0.717) is 26.0 Å². The number of ether oxygens (including phenoxy) is 2. The van der Waals surface area contributed by atoms with Gasteiger partial charge in [-0.2, -0.15) is 0 Å². The van der Waals surface area contributed by atoms with Crippen LogP contribution < -0.4 is 10.6 Å². The van der Waals surface area contributed by atoms with Gasteiger partial charge < -0.3 is 20.1 Å². The highest BCUT2D eigenvalue weighted by atomic mass is 16.6. The maximum absolute atomic E-state index is 12.9. The lowest BCUT2D eigenvalue weighted by Gasteiger charge is -2.29. The zero-order valence-electron chi connectivity index (χ0n) is 19.1.